The zero-order valence-corrected chi connectivity index (χ0v) is 12.9. The van der Waals surface area contributed by atoms with Crippen molar-refractivity contribution in [3.63, 3.8) is 0 Å². The van der Waals surface area contributed by atoms with E-state index in [0.29, 0.717) is 5.90 Å². The fourth-order valence-electron chi connectivity index (χ4n) is 2.36. The molecular weight excluding hydrogens is 282 g/mol. The van der Waals surface area contributed by atoms with E-state index in [0.717, 1.165) is 16.9 Å². The number of nitrogens with zero attached hydrogens (tertiary/aromatic N) is 5. The van der Waals surface area contributed by atoms with Crippen LogP contribution in [0.5, 0.6) is 0 Å². The molecule has 7 nitrogen and oxygen atoms in total. The van der Waals surface area contributed by atoms with Crippen molar-refractivity contribution in [2.45, 2.75) is 33.4 Å². The van der Waals surface area contributed by atoms with Crippen molar-refractivity contribution in [1.82, 2.24) is 19.8 Å². The Hall–Kier alpha value is -2.70. The van der Waals surface area contributed by atoms with Crippen LogP contribution >= 0.6 is 0 Å². The molecule has 7 heteroatoms. The Balaban J connectivity index is 1.99. The summed E-state index contributed by atoms with van der Waals surface area (Å²) in [6, 6.07) is 3.75. The molecule has 0 aliphatic carbocycles. The zero-order chi connectivity index (χ0) is 15.9. The summed E-state index contributed by atoms with van der Waals surface area (Å²) in [5.74, 6) is 0.227. The van der Waals surface area contributed by atoms with Crippen molar-refractivity contribution in [3.05, 3.63) is 42.0 Å². The molecule has 0 unspecified atom stereocenters. The number of aromatic nitrogens is 3. The highest BCUT2D eigenvalue weighted by Gasteiger charge is 2.39. The average Bonchev–Trinajstić information content (AvgIpc) is 2.99. The highest BCUT2D eigenvalue weighted by molar-refractivity contribution is 5.97. The van der Waals surface area contributed by atoms with Gasteiger partial charge in [0.25, 0.3) is 0 Å². The molecule has 2 aromatic heterocycles. The molecule has 1 amide bonds. The number of hydrogen-bond donors (Lipinski definition) is 0. The third kappa shape index (κ3) is 2.34. The molecule has 0 radical (unpaired) electrons. The number of aryl methyl sites for hydroxylation is 1. The molecule has 0 saturated heterocycles. The van der Waals surface area contributed by atoms with Gasteiger partial charge in [-0.3, -0.25) is 9.78 Å². The first kappa shape index (κ1) is 14.2. The lowest BCUT2D eigenvalue weighted by atomic mass is 10.2. The van der Waals surface area contributed by atoms with Crippen LogP contribution in [-0.2, 0) is 9.53 Å². The summed E-state index contributed by atoms with van der Waals surface area (Å²) in [7, 11) is 0. The van der Waals surface area contributed by atoms with Gasteiger partial charge in [-0.2, -0.15) is 10.1 Å². The quantitative estimate of drug-likeness (QED) is 0.848. The number of carbonyl (C=O) groups excluding carboxylic acids is 1. The van der Waals surface area contributed by atoms with Gasteiger partial charge in [0, 0.05) is 19.3 Å². The Morgan fingerprint density at radius 1 is 1.36 bits per heavy atom. The lowest BCUT2D eigenvalue weighted by Gasteiger charge is -2.25. The molecular formula is C15H17N5O2. The first-order valence-electron chi connectivity index (χ1n) is 6.94. The van der Waals surface area contributed by atoms with Crippen molar-refractivity contribution in [2.24, 2.45) is 5.10 Å². The van der Waals surface area contributed by atoms with Crippen LogP contribution in [0.4, 0.5) is 0 Å². The Labute approximate surface area is 128 Å². The van der Waals surface area contributed by atoms with Crippen LogP contribution in [0.25, 0.3) is 5.69 Å². The molecule has 22 heavy (non-hydrogen) atoms. The fourth-order valence-corrected chi connectivity index (χ4v) is 2.36. The molecule has 2 aromatic rings. The third-order valence-corrected chi connectivity index (χ3v) is 3.39. The molecule has 0 aromatic carbocycles. The number of hydrogen-bond acceptors (Lipinski definition) is 5. The van der Waals surface area contributed by atoms with Gasteiger partial charge in [-0.15, -0.1) is 5.10 Å². The number of pyridine rings is 1. The number of hydrazone groups is 1. The lowest BCUT2D eigenvalue weighted by molar-refractivity contribution is -0.142. The topological polar surface area (TPSA) is 72.6 Å². The van der Waals surface area contributed by atoms with Gasteiger partial charge in [0.15, 0.2) is 0 Å². The first-order chi connectivity index (χ1) is 10.4. The van der Waals surface area contributed by atoms with Crippen LogP contribution in [0.15, 0.2) is 35.8 Å². The molecule has 0 bridgehead atoms. The number of carbonyl (C=O) groups is 1. The number of amides is 1. The van der Waals surface area contributed by atoms with Crippen LogP contribution in [0.2, 0.25) is 0 Å². The predicted molar refractivity (Wildman–Crippen MR) is 80.3 cm³/mol. The minimum absolute atomic E-state index is 0.169. The highest BCUT2D eigenvalue weighted by Crippen LogP contribution is 2.27. The molecule has 1 aliphatic rings. The summed E-state index contributed by atoms with van der Waals surface area (Å²) in [6.07, 6.45) is 5.25. The van der Waals surface area contributed by atoms with E-state index in [4.69, 9.17) is 4.74 Å². The van der Waals surface area contributed by atoms with E-state index in [1.54, 1.807) is 30.9 Å². The van der Waals surface area contributed by atoms with Crippen LogP contribution in [-0.4, -0.2) is 37.3 Å². The summed E-state index contributed by atoms with van der Waals surface area (Å²) in [6.45, 7) is 6.93. The van der Waals surface area contributed by atoms with E-state index in [1.165, 1.54) is 11.9 Å². The van der Waals surface area contributed by atoms with Gasteiger partial charge in [-0.25, -0.2) is 4.68 Å². The Bertz CT molecular complexity index is 749. The standard InChI is InChI=1S/C15H17N5O2/c1-10-13(9-19(17-10)12-6-5-7-16-8-12)14-18-20(11(2)21)15(3,4)22-14/h5-9H,1-4H3. The Kier molecular flexibility index (Phi) is 3.20. The minimum Gasteiger partial charge on any atom is -0.448 e. The van der Waals surface area contributed by atoms with E-state index >= 15 is 0 Å². The van der Waals surface area contributed by atoms with Crippen LogP contribution in [0.1, 0.15) is 32.0 Å². The van der Waals surface area contributed by atoms with Crippen LogP contribution in [0, 0.1) is 6.92 Å². The normalized spacial score (nSPS) is 16.4. The molecule has 0 N–H and O–H groups in total. The summed E-state index contributed by atoms with van der Waals surface area (Å²) in [4.78, 5) is 15.7. The van der Waals surface area contributed by atoms with Gasteiger partial charge in [-0.1, -0.05) is 0 Å². The van der Waals surface area contributed by atoms with E-state index in [1.807, 2.05) is 25.3 Å². The van der Waals surface area contributed by atoms with Crippen molar-refractivity contribution in [1.29, 1.82) is 0 Å². The second kappa shape index (κ2) is 4.94. The smallest absolute Gasteiger partial charge is 0.244 e. The average molecular weight is 299 g/mol. The van der Waals surface area contributed by atoms with Crippen molar-refractivity contribution in [2.75, 3.05) is 0 Å². The van der Waals surface area contributed by atoms with Crippen LogP contribution in [0.3, 0.4) is 0 Å². The second-order valence-corrected chi connectivity index (χ2v) is 5.57. The van der Waals surface area contributed by atoms with Gasteiger partial charge in [0.05, 0.1) is 23.1 Å². The summed E-state index contributed by atoms with van der Waals surface area (Å²) in [5, 5.41) is 10.1. The van der Waals surface area contributed by atoms with E-state index < -0.39 is 5.72 Å². The fraction of sp³-hybridized carbons (Fsp3) is 0.333. The molecule has 0 atom stereocenters. The molecule has 3 heterocycles. The zero-order valence-electron chi connectivity index (χ0n) is 12.9. The van der Waals surface area contributed by atoms with Gasteiger partial charge >= 0.3 is 0 Å². The molecule has 114 valence electrons. The monoisotopic (exact) mass is 299 g/mol. The summed E-state index contributed by atoms with van der Waals surface area (Å²) in [5.41, 5.74) is 1.56. The maximum absolute atomic E-state index is 11.7. The molecule has 1 aliphatic heterocycles. The van der Waals surface area contributed by atoms with Gasteiger partial charge < -0.3 is 4.74 Å². The minimum atomic E-state index is -0.802. The molecule has 0 saturated carbocycles. The maximum atomic E-state index is 11.7. The first-order valence-corrected chi connectivity index (χ1v) is 6.94. The SMILES string of the molecule is CC(=O)N1N=C(c2cn(-c3cccnc3)nc2C)OC1(C)C. The lowest BCUT2D eigenvalue weighted by Crippen LogP contribution is -2.41. The Morgan fingerprint density at radius 3 is 2.73 bits per heavy atom. The molecule has 3 rings (SSSR count). The molecule has 0 fully saturated rings. The largest absolute Gasteiger partial charge is 0.448 e. The van der Waals surface area contributed by atoms with Crippen LogP contribution < -0.4 is 0 Å². The van der Waals surface area contributed by atoms with E-state index in [-0.39, 0.29) is 5.91 Å². The van der Waals surface area contributed by atoms with Gasteiger partial charge in [0.1, 0.15) is 0 Å². The third-order valence-electron chi connectivity index (χ3n) is 3.39. The van der Waals surface area contributed by atoms with Crippen molar-refractivity contribution in [3.8, 4) is 5.69 Å². The second-order valence-electron chi connectivity index (χ2n) is 5.57. The highest BCUT2D eigenvalue weighted by atomic mass is 16.6. The number of rotatable bonds is 2. The van der Waals surface area contributed by atoms with Crippen molar-refractivity contribution < 1.29 is 9.53 Å². The summed E-state index contributed by atoms with van der Waals surface area (Å²) >= 11 is 0. The van der Waals surface area contributed by atoms with E-state index in [2.05, 4.69) is 15.2 Å². The Morgan fingerprint density at radius 2 is 2.14 bits per heavy atom. The number of ether oxygens (including phenoxy) is 1. The molecule has 0 spiro atoms. The van der Waals surface area contributed by atoms with Gasteiger partial charge in [-0.05, 0) is 32.9 Å². The predicted octanol–water partition coefficient (Wildman–Crippen LogP) is 1.85. The van der Waals surface area contributed by atoms with Gasteiger partial charge in [0.2, 0.25) is 17.5 Å². The van der Waals surface area contributed by atoms with Crippen molar-refractivity contribution >= 4 is 11.8 Å². The maximum Gasteiger partial charge on any atom is 0.244 e. The summed E-state index contributed by atoms with van der Waals surface area (Å²) < 4.78 is 7.54. The van der Waals surface area contributed by atoms with E-state index in [9.17, 15) is 4.79 Å².